The van der Waals surface area contributed by atoms with E-state index in [-0.39, 0.29) is 18.7 Å². The van der Waals surface area contributed by atoms with Crippen molar-refractivity contribution in [1.82, 2.24) is 0 Å². The number of morpholine rings is 1. The van der Waals surface area contributed by atoms with Gasteiger partial charge >= 0.3 is 5.97 Å². The number of carbonyl (C=O) groups excluding carboxylic acids is 1. The van der Waals surface area contributed by atoms with Gasteiger partial charge in [0.05, 0.1) is 6.61 Å². The minimum absolute atomic E-state index is 0.0667. The minimum Gasteiger partial charge on any atom is -0.481 e. The first-order valence-electron chi connectivity index (χ1n) is 5.98. The molecule has 2 rings (SSSR count). The van der Waals surface area contributed by atoms with Gasteiger partial charge in [-0.05, 0) is 24.6 Å². The highest BCUT2D eigenvalue weighted by atomic mass is 79.9. The van der Waals surface area contributed by atoms with Crippen LogP contribution in [0.15, 0.2) is 28.7 Å². The maximum Gasteiger partial charge on any atom is 0.303 e. The molecular weight excluding hydrogens is 314 g/mol. The molecule has 1 amide bonds. The van der Waals surface area contributed by atoms with E-state index in [2.05, 4.69) is 15.9 Å². The summed E-state index contributed by atoms with van der Waals surface area (Å²) >= 11 is 3.37. The van der Waals surface area contributed by atoms with Gasteiger partial charge < -0.3 is 14.7 Å². The first-order valence-corrected chi connectivity index (χ1v) is 6.77. The van der Waals surface area contributed by atoms with Gasteiger partial charge in [-0.2, -0.15) is 0 Å². The molecule has 1 aromatic carbocycles. The van der Waals surface area contributed by atoms with Gasteiger partial charge in [-0.1, -0.05) is 22.0 Å². The molecule has 0 saturated carbocycles. The maximum atomic E-state index is 12.2. The molecule has 1 saturated heterocycles. The van der Waals surface area contributed by atoms with Gasteiger partial charge in [0.15, 0.2) is 0 Å². The topological polar surface area (TPSA) is 66.8 Å². The van der Waals surface area contributed by atoms with Crippen molar-refractivity contribution in [2.24, 2.45) is 0 Å². The zero-order valence-corrected chi connectivity index (χ0v) is 11.8. The van der Waals surface area contributed by atoms with Crippen molar-refractivity contribution in [2.75, 3.05) is 18.1 Å². The first kappa shape index (κ1) is 14.0. The fourth-order valence-electron chi connectivity index (χ4n) is 2.00. The van der Waals surface area contributed by atoms with E-state index >= 15 is 0 Å². The van der Waals surface area contributed by atoms with E-state index in [1.807, 2.05) is 24.3 Å². The van der Waals surface area contributed by atoms with Crippen LogP contribution in [-0.4, -0.2) is 36.2 Å². The Balaban J connectivity index is 2.09. The van der Waals surface area contributed by atoms with Crippen LogP contribution in [0.1, 0.15) is 12.8 Å². The smallest absolute Gasteiger partial charge is 0.303 e. The molecule has 0 aliphatic carbocycles. The van der Waals surface area contributed by atoms with E-state index in [0.29, 0.717) is 13.2 Å². The van der Waals surface area contributed by atoms with E-state index in [9.17, 15) is 9.59 Å². The van der Waals surface area contributed by atoms with Gasteiger partial charge in [-0.15, -0.1) is 0 Å². The van der Waals surface area contributed by atoms with Crippen LogP contribution in [0.2, 0.25) is 0 Å². The lowest BCUT2D eigenvalue weighted by Crippen LogP contribution is -2.48. The van der Waals surface area contributed by atoms with Crippen molar-refractivity contribution in [1.29, 1.82) is 0 Å². The van der Waals surface area contributed by atoms with Gasteiger partial charge in [0, 0.05) is 23.1 Å². The highest BCUT2D eigenvalue weighted by molar-refractivity contribution is 9.10. The van der Waals surface area contributed by atoms with Crippen LogP contribution in [0, 0.1) is 0 Å². The third kappa shape index (κ3) is 3.54. The quantitative estimate of drug-likeness (QED) is 0.919. The number of carbonyl (C=O) groups is 2. The molecule has 0 bridgehead atoms. The first-order chi connectivity index (χ1) is 9.08. The molecule has 1 aliphatic rings. The van der Waals surface area contributed by atoms with Crippen molar-refractivity contribution >= 4 is 33.5 Å². The predicted octanol–water partition coefficient (Wildman–Crippen LogP) is 2.05. The van der Waals surface area contributed by atoms with E-state index in [1.54, 1.807) is 4.90 Å². The number of carboxylic acid groups (broad SMARTS) is 1. The predicted molar refractivity (Wildman–Crippen MR) is 73.1 cm³/mol. The Morgan fingerprint density at radius 1 is 1.53 bits per heavy atom. The zero-order valence-electron chi connectivity index (χ0n) is 10.2. The lowest BCUT2D eigenvalue weighted by Gasteiger charge is -2.32. The number of amides is 1. The fourth-order valence-corrected chi connectivity index (χ4v) is 2.39. The Hall–Kier alpha value is -1.40. The summed E-state index contributed by atoms with van der Waals surface area (Å²) < 4.78 is 6.25. The molecule has 1 atom stereocenters. The Labute approximate surface area is 119 Å². The summed E-state index contributed by atoms with van der Waals surface area (Å²) in [6, 6.07) is 7.45. The summed E-state index contributed by atoms with van der Waals surface area (Å²) in [5.41, 5.74) is 0.794. The zero-order chi connectivity index (χ0) is 13.8. The van der Waals surface area contributed by atoms with Gasteiger partial charge in [0.2, 0.25) is 0 Å². The monoisotopic (exact) mass is 327 g/mol. The SMILES string of the molecule is O=C(O)CCC1OCCN(c2cccc(Br)c2)C1=O. The number of ether oxygens (including phenoxy) is 1. The normalized spacial score (nSPS) is 19.5. The Kier molecular flexibility index (Phi) is 4.55. The number of rotatable bonds is 4. The molecule has 0 aromatic heterocycles. The number of hydrogen-bond acceptors (Lipinski definition) is 3. The Morgan fingerprint density at radius 2 is 2.32 bits per heavy atom. The second-order valence-electron chi connectivity index (χ2n) is 4.26. The molecule has 1 fully saturated rings. The number of carboxylic acids is 1. The van der Waals surface area contributed by atoms with Crippen LogP contribution >= 0.6 is 15.9 Å². The molecule has 6 heteroatoms. The van der Waals surface area contributed by atoms with Crippen LogP contribution in [-0.2, 0) is 14.3 Å². The van der Waals surface area contributed by atoms with Crippen LogP contribution in [0.4, 0.5) is 5.69 Å². The van der Waals surface area contributed by atoms with Crippen LogP contribution in [0.3, 0.4) is 0 Å². The van der Waals surface area contributed by atoms with Gasteiger partial charge in [0.1, 0.15) is 6.10 Å². The van der Waals surface area contributed by atoms with Gasteiger partial charge in [0.25, 0.3) is 5.91 Å². The van der Waals surface area contributed by atoms with Crippen molar-refractivity contribution in [2.45, 2.75) is 18.9 Å². The second kappa shape index (κ2) is 6.16. The standard InChI is InChI=1S/C13H14BrNO4/c14-9-2-1-3-10(8-9)15-6-7-19-11(13(15)18)4-5-12(16)17/h1-3,8,11H,4-7H2,(H,16,17). The number of anilines is 1. The van der Waals surface area contributed by atoms with E-state index in [1.165, 1.54) is 0 Å². The fraction of sp³-hybridized carbons (Fsp3) is 0.385. The molecule has 102 valence electrons. The Morgan fingerprint density at radius 3 is 3.00 bits per heavy atom. The highest BCUT2D eigenvalue weighted by Gasteiger charge is 2.30. The Bertz CT molecular complexity index is 491. The van der Waals surface area contributed by atoms with E-state index < -0.39 is 12.1 Å². The summed E-state index contributed by atoms with van der Waals surface area (Å²) in [7, 11) is 0. The van der Waals surface area contributed by atoms with Crippen LogP contribution in [0.5, 0.6) is 0 Å². The van der Waals surface area contributed by atoms with Crippen molar-refractivity contribution < 1.29 is 19.4 Å². The number of benzene rings is 1. The third-order valence-electron chi connectivity index (χ3n) is 2.92. The number of hydrogen-bond donors (Lipinski definition) is 1. The molecule has 1 aromatic rings. The number of halogens is 1. The van der Waals surface area contributed by atoms with E-state index in [0.717, 1.165) is 10.2 Å². The molecular formula is C13H14BrNO4. The molecule has 19 heavy (non-hydrogen) atoms. The molecule has 1 unspecified atom stereocenters. The number of nitrogens with zero attached hydrogens (tertiary/aromatic N) is 1. The molecule has 0 radical (unpaired) electrons. The maximum absolute atomic E-state index is 12.2. The van der Waals surface area contributed by atoms with Crippen LogP contribution < -0.4 is 4.90 Å². The molecule has 0 spiro atoms. The third-order valence-corrected chi connectivity index (χ3v) is 3.41. The summed E-state index contributed by atoms with van der Waals surface area (Å²) in [4.78, 5) is 24.4. The molecule has 1 aliphatic heterocycles. The summed E-state index contributed by atoms with van der Waals surface area (Å²) in [5, 5.41) is 8.66. The molecule has 1 N–H and O–H groups in total. The second-order valence-corrected chi connectivity index (χ2v) is 5.18. The minimum atomic E-state index is -0.920. The summed E-state index contributed by atoms with van der Waals surface area (Å²) in [6.45, 7) is 0.904. The molecule has 5 nitrogen and oxygen atoms in total. The van der Waals surface area contributed by atoms with Gasteiger partial charge in [-0.3, -0.25) is 9.59 Å². The number of aliphatic carboxylic acids is 1. The van der Waals surface area contributed by atoms with Crippen molar-refractivity contribution in [3.05, 3.63) is 28.7 Å². The van der Waals surface area contributed by atoms with Crippen molar-refractivity contribution in [3.63, 3.8) is 0 Å². The lowest BCUT2D eigenvalue weighted by atomic mass is 10.1. The van der Waals surface area contributed by atoms with Crippen LogP contribution in [0.25, 0.3) is 0 Å². The molecule has 1 heterocycles. The summed E-state index contributed by atoms with van der Waals surface area (Å²) in [6.07, 6.45) is -0.523. The average molecular weight is 328 g/mol. The van der Waals surface area contributed by atoms with Crippen molar-refractivity contribution in [3.8, 4) is 0 Å². The largest absolute Gasteiger partial charge is 0.481 e. The average Bonchev–Trinajstić information content (AvgIpc) is 2.37. The van der Waals surface area contributed by atoms with E-state index in [4.69, 9.17) is 9.84 Å². The highest BCUT2D eigenvalue weighted by Crippen LogP contribution is 2.23. The lowest BCUT2D eigenvalue weighted by molar-refractivity contribution is -0.140. The summed E-state index contributed by atoms with van der Waals surface area (Å²) in [5.74, 6) is -1.10. The van der Waals surface area contributed by atoms with Gasteiger partial charge in [-0.25, -0.2) is 0 Å².